The lowest BCUT2D eigenvalue weighted by atomic mass is 10.2. The van der Waals surface area contributed by atoms with Gasteiger partial charge in [-0.2, -0.15) is 0 Å². The van der Waals surface area contributed by atoms with Crippen LogP contribution in [0.25, 0.3) is 10.2 Å². The maximum Gasteiger partial charge on any atom is 0.257 e. The van der Waals surface area contributed by atoms with Gasteiger partial charge in [-0.05, 0) is 49.1 Å². The van der Waals surface area contributed by atoms with E-state index in [1.54, 1.807) is 11.8 Å². The van der Waals surface area contributed by atoms with Crippen molar-refractivity contribution in [3.05, 3.63) is 52.5 Å². The van der Waals surface area contributed by atoms with Crippen LogP contribution in [0.5, 0.6) is 0 Å². The first kappa shape index (κ1) is 15.3. The van der Waals surface area contributed by atoms with Gasteiger partial charge in [0.2, 0.25) is 0 Å². The van der Waals surface area contributed by atoms with Crippen molar-refractivity contribution >= 4 is 56.0 Å². The lowest BCUT2D eigenvalue weighted by Crippen LogP contribution is -2.11. The third-order valence-corrected chi connectivity index (χ3v) is 5.44. The molecule has 3 nitrogen and oxygen atoms in total. The van der Waals surface area contributed by atoms with E-state index in [0.29, 0.717) is 15.7 Å². The van der Waals surface area contributed by atoms with Gasteiger partial charge in [0.15, 0.2) is 5.13 Å². The summed E-state index contributed by atoms with van der Waals surface area (Å²) in [5.41, 5.74) is 2.49. The molecule has 112 valence electrons. The van der Waals surface area contributed by atoms with Gasteiger partial charge in [-0.15, -0.1) is 11.8 Å². The van der Waals surface area contributed by atoms with Crippen LogP contribution in [0, 0.1) is 6.92 Å². The molecule has 0 saturated carbocycles. The Labute approximate surface area is 141 Å². The fourth-order valence-corrected chi connectivity index (χ4v) is 3.69. The number of thioether (sulfide) groups is 1. The molecule has 0 atom stereocenters. The van der Waals surface area contributed by atoms with E-state index in [1.807, 2.05) is 49.6 Å². The zero-order chi connectivity index (χ0) is 15.7. The number of carbonyl (C=O) groups excluding carboxylic acids is 1. The minimum atomic E-state index is -0.166. The Morgan fingerprint density at radius 2 is 1.95 bits per heavy atom. The minimum absolute atomic E-state index is 0.166. The molecule has 3 rings (SSSR count). The van der Waals surface area contributed by atoms with Crippen LogP contribution < -0.4 is 5.32 Å². The normalized spacial score (nSPS) is 10.9. The number of nitrogens with zero attached hydrogens (tertiary/aromatic N) is 1. The molecule has 3 aromatic rings. The number of hydrogen-bond acceptors (Lipinski definition) is 4. The highest BCUT2D eigenvalue weighted by Gasteiger charge is 2.12. The second kappa shape index (κ2) is 6.28. The van der Waals surface area contributed by atoms with Crippen LogP contribution in [-0.2, 0) is 0 Å². The third-order valence-electron chi connectivity index (χ3n) is 3.27. The molecular weight excluding hydrogens is 336 g/mol. The highest BCUT2D eigenvalue weighted by atomic mass is 35.5. The molecule has 0 radical (unpaired) electrons. The zero-order valence-corrected chi connectivity index (χ0v) is 14.4. The first-order valence-corrected chi connectivity index (χ1v) is 9.01. The molecule has 6 heteroatoms. The Hall–Kier alpha value is -1.56. The van der Waals surface area contributed by atoms with Crippen LogP contribution in [0.1, 0.15) is 15.9 Å². The van der Waals surface area contributed by atoms with E-state index in [4.69, 9.17) is 11.6 Å². The topological polar surface area (TPSA) is 42.0 Å². The van der Waals surface area contributed by atoms with Gasteiger partial charge in [0.25, 0.3) is 5.91 Å². The van der Waals surface area contributed by atoms with E-state index in [2.05, 4.69) is 10.3 Å². The quantitative estimate of drug-likeness (QED) is 0.659. The molecule has 22 heavy (non-hydrogen) atoms. The largest absolute Gasteiger partial charge is 0.298 e. The van der Waals surface area contributed by atoms with Crippen LogP contribution in [0.2, 0.25) is 5.02 Å². The number of aryl methyl sites for hydroxylation is 1. The van der Waals surface area contributed by atoms with E-state index in [0.717, 1.165) is 20.7 Å². The summed E-state index contributed by atoms with van der Waals surface area (Å²) in [6.07, 6.45) is 2.00. The second-order valence-corrected chi connectivity index (χ2v) is 7.03. The highest BCUT2D eigenvalue weighted by Crippen LogP contribution is 2.34. The molecule has 0 aliphatic carbocycles. The van der Waals surface area contributed by atoms with Crippen LogP contribution in [0.15, 0.2) is 41.3 Å². The monoisotopic (exact) mass is 348 g/mol. The number of rotatable bonds is 3. The van der Waals surface area contributed by atoms with Gasteiger partial charge >= 0.3 is 0 Å². The number of nitrogens with one attached hydrogen (secondary N) is 1. The zero-order valence-electron chi connectivity index (χ0n) is 12.0. The number of halogens is 1. The SMILES string of the molecule is CSc1ccc(C(=O)Nc2nc3c(C)ccc(Cl)c3s2)cc1. The molecule has 0 fully saturated rings. The number of hydrogen-bond donors (Lipinski definition) is 1. The Morgan fingerprint density at radius 3 is 2.59 bits per heavy atom. The average molecular weight is 349 g/mol. The fraction of sp³-hybridized carbons (Fsp3) is 0.125. The summed E-state index contributed by atoms with van der Waals surface area (Å²) in [5, 5.41) is 4.06. The molecule has 0 aliphatic heterocycles. The van der Waals surface area contributed by atoms with E-state index < -0.39 is 0 Å². The predicted octanol–water partition coefficient (Wildman–Crippen LogP) is 5.23. The lowest BCUT2D eigenvalue weighted by molar-refractivity contribution is 0.102. The van der Waals surface area contributed by atoms with Crippen molar-refractivity contribution in [3.8, 4) is 0 Å². The number of aromatic nitrogens is 1. The van der Waals surface area contributed by atoms with Crippen molar-refractivity contribution in [2.24, 2.45) is 0 Å². The molecule has 1 amide bonds. The lowest BCUT2D eigenvalue weighted by Gasteiger charge is -2.02. The van der Waals surface area contributed by atoms with Gasteiger partial charge in [0.05, 0.1) is 15.2 Å². The Balaban J connectivity index is 1.87. The van der Waals surface area contributed by atoms with Crippen molar-refractivity contribution in [2.45, 2.75) is 11.8 Å². The third kappa shape index (κ3) is 2.97. The number of thiazole rings is 1. The Morgan fingerprint density at radius 1 is 1.23 bits per heavy atom. The summed E-state index contributed by atoms with van der Waals surface area (Å²) in [7, 11) is 0. The molecule has 2 aromatic carbocycles. The summed E-state index contributed by atoms with van der Waals surface area (Å²) in [6, 6.07) is 11.3. The minimum Gasteiger partial charge on any atom is -0.298 e. The van der Waals surface area contributed by atoms with Crippen molar-refractivity contribution < 1.29 is 4.79 Å². The number of amides is 1. The molecule has 0 unspecified atom stereocenters. The molecule has 0 saturated heterocycles. The van der Waals surface area contributed by atoms with Crippen LogP contribution >= 0.6 is 34.7 Å². The maximum absolute atomic E-state index is 12.3. The fourth-order valence-electron chi connectivity index (χ4n) is 2.07. The molecule has 1 N–H and O–H groups in total. The van der Waals surface area contributed by atoms with E-state index in [9.17, 15) is 4.79 Å². The van der Waals surface area contributed by atoms with E-state index >= 15 is 0 Å². The summed E-state index contributed by atoms with van der Waals surface area (Å²) >= 11 is 9.22. The van der Waals surface area contributed by atoms with Crippen LogP contribution in [-0.4, -0.2) is 17.1 Å². The van der Waals surface area contributed by atoms with Crippen molar-refractivity contribution in [2.75, 3.05) is 11.6 Å². The van der Waals surface area contributed by atoms with Gasteiger partial charge in [0.1, 0.15) is 0 Å². The number of anilines is 1. The average Bonchev–Trinajstić information content (AvgIpc) is 2.96. The van der Waals surface area contributed by atoms with E-state index in [-0.39, 0.29) is 5.91 Å². The first-order chi connectivity index (χ1) is 10.6. The number of benzene rings is 2. The maximum atomic E-state index is 12.3. The van der Waals surface area contributed by atoms with Gasteiger partial charge in [-0.25, -0.2) is 4.98 Å². The molecule has 0 spiro atoms. The molecule has 0 bridgehead atoms. The summed E-state index contributed by atoms with van der Waals surface area (Å²) in [5.74, 6) is -0.166. The summed E-state index contributed by atoms with van der Waals surface area (Å²) in [4.78, 5) is 17.9. The van der Waals surface area contributed by atoms with Crippen molar-refractivity contribution in [1.82, 2.24) is 4.98 Å². The summed E-state index contributed by atoms with van der Waals surface area (Å²) in [6.45, 7) is 1.98. The Kier molecular flexibility index (Phi) is 4.38. The standard InChI is InChI=1S/C16H13ClN2OS2/c1-9-3-8-12(17)14-13(9)18-16(22-14)19-15(20)10-4-6-11(21-2)7-5-10/h3-8H,1-2H3,(H,18,19,20). The van der Waals surface area contributed by atoms with Crippen molar-refractivity contribution in [3.63, 3.8) is 0 Å². The van der Waals surface area contributed by atoms with Gasteiger partial charge in [-0.1, -0.05) is 29.0 Å². The summed E-state index contributed by atoms with van der Waals surface area (Å²) < 4.78 is 0.898. The van der Waals surface area contributed by atoms with Crippen LogP contribution in [0.4, 0.5) is 5.13 Å². The smallest absolute Gasteiger partial charge is 0.257 e. The first-order valence-electron chi connectivity index (χ1n) is 6.59. The number of fused-ring (bicyclic) bond motifs is 1. The Bertz CT molecular complexity index is 804. The highest BCUT2D eigenvalue weighted by molar-refractivity contribution is 7.98. The molecular formula is C16H13ClN2OS2. The van der Waals surface area contributed by atoms with Gasteiger partial charge < -0.3 is 0 Å². The predicted molar refractivity (Wildman–Crippen MR) is 95.5 cm³/mol. The van der Waals surface area contributed by atoms with Gasteiger partial charge in [0, 0.05) is 10.5 Å². The number of carbonyl (C=O) groups is 1. The second-order valence-electron chi connectivity index (χ2n) is 4.74. The molecule has 0 aliphatic rings. The van der Waals surface area contributed by atoms with E-state index in [1.165, 1.54) is 11.3 Å². The van der Waals surface area contributed by atoms with Gasteiger partial charge in [-0.3, -0.25) is 10.1 Å². The van der Waals surface area contributed by atoms with Crippen molar-refractivity contribution in [1.29, 1.82) is 0 Å². The molecule has 1 heterocycles. The molecule has 1 aromatic heterocycles. The van der Waals surface area contributed by atoms with Crippen LogP contribution in [0.3, 0.4) is 0 Å².